The number of nitrogens with zero attached hydrogens (tertiary/aromatic N) is 1. The van der Waals surface area contributed by atoms with Crippen LogP contribution in [0.4, 0.5) is 5.69 Å². The van der Waals surface area contributed by atoms with Crippen LogP contribution in [0, 0.1) is 24.3 Å². The van der Waals surface area contributed by atoms with E-state index < -0.39 is 0 Å². The number of nitrogens with one attached hydrogen (secondary N) is 1. The van der Waals surface area contributed by atoms with E-state index in [9.17, 15) is 0 Å². The van der Waals surface area contributed by atoms with Crippen molar-refractivity contribution in [2.24, 2.45) is 0 Å². The molecule has 0 saturated heterocycles. The number of benzene rings is 1. The monoisotopic (exact) mass is 358 g/mol. The molecule has 4 heteroatoms. The van der Waals surface area contributed by atoms with Crippen molar-refractivity contribution in [1.82, 2.24) is 4.98 Å². The average molecular weight is 358 g/mol. The Hall–Kier alpha value is -0.620. The highest BCUT2D eigenvalue weighted by Crippen LogP contribution is 2.21. The van der Waals surface area contributed by atoms with Crippen molar-refractivity contribution >= 4 is 39.6 Å². The van der Waals surface area contributed by atoms with Gasteiger partial charge >= 0.3 is 0 Å². The van der Waals surface area contributed by atoms with Crippen LogP contribution in [0.1, 0.15) is 21.1 Å². The number of aromatic nitrogens is 1. The molecule has 1 N–H and O–H groups in total. The summed E-state index contributed by atoms with van der Waals surface area (Å²) in [4.78, 5) is 5.75. The normalized spacial score (nSPS) is 10.6. The fourth-order valence-electron chi connectivity index (χ4n) is 1.62. The summed E-state index contributed by atoms with van der Waals surface area (Å²) >= 11 is 4.13. The van der Waals surface area contributed by atoms with Gasteiger partial charge in [-0.1, -0.05) is 6.07 Å². The van der Waals surface area contributed by atoms with Crippen LogP contribution in [0.3, 0.4) is 0 Å². The lowest BCUT2D eigenvalue weighted by Crippen LogP contribution is -1.99. The van der Waals surface area contributed by atoms with E-state index in [1.54, 1.807) is 11.3 Å². The zero-order valence-electron chi connectivity index (χ0n) is 10.2. The fourth-order valence-corrected chi connectivity index (χ4v) is 3.01. The highest BCUT2D eigenvalue weighted by atomic mass is 127. The van der Waals surface area contributed by atoms with Gasteiger partial charge < -0.3 is 5.32 Å². The molecule has 0 atom stereocenters. The molecule has 0 aliphatic rings. The molecule has 17 heavy (non-hydrogen) atoms. The molecule has 1 aromatic carbocycles. The molecule has 0 aliphatic heterocycles. The first-order valence-electron chi connectivity index (χ1n) is 5.49. The van der Waals surface area contributed by atoms with Crippen LogP contribution in [0.2, 0.25) is 0 Å². The number of anilines is 1. The van der Waals surface area contributed by atoms with E-state index in [2.05, 4.69) is 71.9 Å². The Morgan fingerprint density at radius 1 is 1.29 bits per heavy atom. The van der Waals surface area contributed by atoms with Crippen LogP contribution in [-0.4, -0.2) is 4.98 Å². The molecule has 1 heterocycles. The van der Waals surface area contributed by atoms with E-state index in [1.807, 2.05) is 0 Å². The molecular weight excluding hydrogens is 343 g/mol. The second-order valence-electron chi connectivity index (χ2n) is 4.06. The summed E-state index contributed by atoms with van der Waals surface area (Å²) in [5, 5.41) is 4.59. The summed E-state index contributed by atoms with van der Waals surface area (Å²) in [7, 11) is 0. The van der Waals surface area contributed by atoms with Gasteiger partial charge in [0.05, 0.1) is 17.2 Å². The van der Waals surface area contributed by atoms with Gasteiger partial charge in [0.1, 0.15) is 0 Å². The van der Waals surface area contributed by atoms with Gasteiger partial charge in [-0.25, -0.2) is 4.98 Å². The number of hydrogen-bond donors (Lipinski definition) is 1. The van der Waals surface area contributed by atoms with Crippen LogP contribution in [0.5, 0.6) is 0 Å². The smallest absolute Gasteiger partial charge is 0.0900 e. The molecule has 2 nitrogen and oxygen atoms in total. The predicted octanol–water partition coefficient (Wildman–Crippen LogP) is 4.29. The van der Waals surface area contributed by atoms with E-state index in [0.29, 0.717) is 0 Å². The number of aryl methyl sites for hydroxylation is 3. The zero-order valence-corrected chi connectivity index (χ0v) is 13.1. The molecule has 0 bridgehead atoms. The Kier molecular flexibility index (Phi) is 4.04. The summed E-state index contributed by atoms with van der Waals surface area (Å²) in [6.07, 6.45) is 0. The fraction of sp³-hybridized carbons (Fsp3) is 0.308. The van der Waals surface area contributed by atoms with E-state index in [4.69, 9.17) is 0 Å². The van der Waals surface area contributed by atoms with E-state index in [1.165, 1.54) is 19.7 Å². The van der Waals surface area contributed by atoms with E-state index >= 15 is 0 Å². The Morgan fingerprint density at radius 2 is 2.06 bits per heavy atom. The van der Waals surface area contributed by atoms with Crippen molar-refractivity contribution in [3.05, 3.63) is 42.9 Å². The van der Waals surface area contributed by atoms with Crippen LogP contribution >= 0.6 is 33.9 Å². The summed E-state index contributed by atoms with van der Waals surface area (Å²) in [5.74, 6) is 0. The molecule has 0 aliphatic carbocycles. The highest BCUT2D eigenvalue weighted by Gasteiger charge is 2.04. The van der Waals surface area contributed by atoms with E-state index in [0.717, 1.165) is 17.2 Å². The summed E-state index contributed by atoms with van der Waals surface area (Å²) in [6, 6.07) is 6.45. The van der Waals surface area contributed by atoms with Crippen molar-refractivity contribution in [2.75, 3.05) is 5.32 Å². The Labute approximate surface area is 120 Å². The summed E-state index contributed by atoms with van der Waals surface area (Å²) in [5.41, 5.74) is 3.63. The SMILES string of the molecule is Cc1nc(C)c(CNc2ccc(C)c(I)c2)s1. The van der Waals surface area contributed by atoms with Crippen LogP contribution < -0.4 is 5.32 Å². The second kappa shape index (κ2) is 5.35. The predicted molar refractivity (Wildman–Crippen MR) is 82.8 cm³/mol. The van der Waals surface area contributed by atoms with Gasteiger partial charge in [0, 0.05) is 14.1 Å². The van der Waals surface area contributed by atoms with Crippen LogP contribution in [0.25, 0.3) is 0 Å². The molecule has 0 amide bonds. The molecule has 2 aromatic rings. The molecule has 0 fully saturated rings. The molecular formula is C13H15IN2S. The number of hydrogen-bond acceptors (Lipinski definition) is 3. The van der Waals surface area contributed by atoms with Crippen LogP contribution in [0.15, 0.2) is 18.2 Å². The quantitative estimate of drug-likeness (QED) is 0.829. The maximum absolute atomic E-state index is 4.43. The van der Waals surface area contributed by atoms with Crippen LogP contribution in [-0.2, 0) is 6.54 Å². The third kappa shape index (κ3) is 3.19. The van der Waals surface area contributed by atoms with Crippen molar-refractivity contribution in [3.63, 3.8) is 0 Å². The van der Waals surface area contributed by atoms with Gasteiger partial charge in [-0.2, -0.15) is 0 Å². The Bertz CT molecular complexity index is 534. The maximum atomic E-state index is 4.43. The number of rotatable bonds is 3. The maximum Gasteiger partial charge on any atom is 0.0900 e. The first-order valence-corrected chi connectivity index (χ1v) is 7.38. The molecule has 0 saturated carbocycles. The minimum Gasteiger partial charge on any atom is -0.380 e. The van der Waals surface area contributed by atoms with Crippen molar-refractivity contribution in [3.8, 4) is 0 Å². The molecule has 0 unspecified atom stereocenters. The average Bonchev–Trinajstić information content (AvgIpc) is 2.59. The molecule has 0 spiro atoms. The van der Waals surface area contributed by atoms with Crippen molar-refractivity contribution in [1.29, 1.82) is 0 Å². The molecule has 90 valence electrons. The second-order valence-corrected chi connectivity index (χ2v) is 6.51. The van der Waals surface area contributed by atoms with Gasteiger partial charge in [-0.05, 0) is 61.1 Å². The van der Waals surface area contributed by atoms with Gasteiger partial charge in [-0.15, -0.1) is 11.3 Å². The standard InChI is InChI=1S/C13H15IN2S/c1-8-4-5-11(6-12(8)14)15-7-13-9(2)16-10(3)17-13/h4-6,15H,7H2,1-3H3. The lowest BCUT2D eigenvalue weighted by Gasteiger charge is -2.07. The third-order valence-electron chi connectivity index (χ3n) is 2.62. The van der Waals surface area contributed by atoms with Crippen molar-refractivity contribution in [2.45, 2.75) is 27.3 Å². The molecule has 1 aromatic heterocycles. The zero-order chi connectivity index (χ0) is 12.4. The largest absolute Gasteiger partial charge is 0.380 e. The van der Waals surface area contributed by atoms with Gasteiger partial charge in [0.25, 0.3) is 0 Å². The molecule has 2 rings (SSSR count). The lowest BCUT2D eigenvalue weighted by molar-refractivity contribution is 1.11. The van der Waals surface area contributed by atoms with Gasteiger partial charge in [-0.3, -0.25) is 0 Å². The topological polar surface area (TPSA) is 24.9 Å². The van der Waals surface area contributed by atoms with Gasteiger partial charge in [0.2, 0.25) is 0 Å². The minimum atomic E-state index is 0.858. The third-order valence-corrected chi connectivity index (χ3v) is 4.86. The first kappa shape index (κ1) is 12.8. The summed E-state index contributed by atoms with van der Waals surface area (Å²) < 4.78 is 1.30. The Balaban J connectivity index is 2.07. The summed E-state index contributed by atoms with van der Waals surface area (Å²) in [6.45, 7) is 7.11. The molecule has 0 radical (unpaired) electrons. The van der Waals surface area contributed by atoms with Gasteiger partial charge in [0.15, 0.2) is 0 Å². The lowest BCUT2D eigenvalue weighted by atomic mass is 10.2. The highest BCUT2D eigenvalue weighted by molar-refractivity contribution is 14.1. The van der Waals surface area contributed by atoms with Crippen molar-refractivity contribution < 1.29 is 0 Å². The minimum absolute atomic E-state index is 0.858. The first-order chi connectivity index (χ1) is 8.06. The Morgan fingerprint density at radius 3 is 2.65 bits per heavy atom. The number of thiazole rings is 1. The number of halogens is 1. The van der Waals surface area contributed by atoms with E-state index in [-0.39, 0.29) is 0 Å².